The Hall–Kier alpha value is -3.07. The van der Waals surface area contributed by atoms with Gasteiger partial charge in [0, 0.05) is 18.5 Å². The molecule has 0 bridgehead atoms. The zero-order valence-corrected chi connectivity index (χ0v) is 11.0. The standard InChI is InChI=1S/C12H12N4O5/c1-21-14-8-4-2-3-7-13-11-6-5-10(15(17)18)9-12(11)16(19)20/h2-9,14H,1H3/b3-2-,8-4+,13-7?. The number of nitro groups is 2. The van der Waals surface area contributed by atoms with Gasteiger partial charge in [-0.05, 0) is 18.2 Å². The maximum atomic E-state index is 10.9. The Labute approximate surface area is 119 Å². The monoisotopic (exact) mass is 292 g/mol. The van der Waals surface area contributed by atoms with E-state index < -0.39 is 15.5 Å². The first-order valence-electron chi connectivity index (χ1n) is 5.63. The highest BCUT2D eigenvalue weighted by atomic mass is 16.6. The molecule has 0 spiro atoms. The zero-order valence-electron chi connectivity index (χ0n) is 11.0. The van der Waals surface area contributed by atoms with Crippen molar-refractivity contribution in [2.45, 2.75) is 0 Å². The van der Waals surface area contributed by atoms with E-state index in [0.29, 0.717) is 0 Å². The number of nitrogens with one attached hydrogen (secondary N) is 1. The molecule has 0 heterocycles. The van der Waals surface area contributed by atoms with Crippen LogP contribution in [0.1, 0.15) is 0 Å². The highest BCUT2D eigenvalue weighted by Crippen LogP contribution is 2.30. The molecule has 0 aliphatic carbocycles. The van der Waals surface area contributed by atoms with E-state index in [2.05, 4.69) is 15.3 Å². The van der Waals surface area contributed by atoms with Gasteiger partial charge in [-0.15, -0.1) is 0 Å². The smallest absolute Gasteiger partial charge is 0.280 e. The van der Waals surface area contributed by atoms with Gasteiger partial charge in [0.1, 0.15) is 5.69 Å². The minimum atomic E-state index is -0.716. The number of hydrogen-bond donors (Lipinski definition) is 1. The molecule has 0 aliphatic heterocycles. The molecule has 0 aliphatic rings. The van der Waals surface area contributed by atoms with E-state index in [-0.39, 0.29) is 11.4 Å². The van der Waals surface area contributed by atoms with Crippen molar-refractivity contribution in [1.82, 2.24) is 5.48 Å². The summed E-state index contributed by atoms with van der Waals surface area (Å²) in [5.41, 5.74) is 1.72. The summed E-state index contributed by atoms with van der Waals surface area (Å²) < 4.78 is 0. The summed E-state index contributed by atoms with van der Waals surface area (Å²) in [6.45, 7) is 0. The van der Waals surface area contributed by atoms with Crippen molar-refractivity contribution >= 4 is 23.3 Å². The molecule has 0 saturated heterocycles. The third-order valence-electron chi connectivity index (χ3n) is 2.17. The summed E-state index contributed by atoms with van der Waals surface area (Å²) >= 11 is 0. The number of hydrogen-bond acceptors (Lipinski definition) is 7. The van der Waals surface area contributed by atoms with E-state index in [0.717, 1.165) is 12.1 Å². The van der Waals surface area contributed by atoms with Crippen LogP contribution >= 0.6 is 0 Å². The molecule has 21 heavy (non-hydrogen) atoms. The molecule has 0 unspecified atom stereocenters. The Balaban J connectivity index is 2.87. The highest BCUT2D eigenvalue weighted by Gasteiger charge is 2.18. The Bertz CT molecular complexity index is 610. The van der Waals surface area contributed by atoms with E-state index >= 15 is 0 Å². The minimum absolute atomic E-state index is 0.0363. The molecule has 9 heteroatoms. The van der Waals surface area contributed by atoms with Crippen LogP contribution in [0.25, 0.3) is 0 Å². The van der Waals surface area contributed by atoms with Crippen molar-refractivity contribution in [2.24, 2.45) is 4.99 Å². The average Bonchev–Trinajstić information content (AvgIpc) is 2.46. The number of non-ortho nitro benzene ring substituents is 1. The van der Waals surface area contributed by atoms with Gasteiger partial charge in [-0.25, -0.2) is 4.99 Å². The molecule has 0 fully saturated rings. The summed E-state index contributed by atoms with van der Waals surface area (Å²) in [6.07, 6.45) is 7.65. The van der Waals surface area contributed by atoms with Crippen molar-refractivity contribution in [3.05, 3.63) is 62.9 Å². The first-order valence-corrected chi connectivity index (χ1v) is 5.63. The van der Waals surface area contributed by atoms with Gasteiger partial charge in [0.05, 0.1) is 23.0 Å². The molecule has 0 aromatic heterocycles. The quantitative estimate of drug-likeness (QED) is 0.356. The van der Waals surface area contributed by atoms with Gasteiger partial charge >= 0.3 is 5.69 Å². The Morgan fingerprint density at radius 2 is 1.95 bits per heavy atom. The summed E-state index contributed by atoms with van der Waals surface area (Å²) in [7, 11) is 1.46. The molecule has 0 radical (unpaired) electrons. The normalized spacial score (nSPS) is 11.5. The predicted octanol–water partition coefficient (Wildman–Crippen LogP) is 2.43. The molecular formula is C12H12N4O5. The molecule has 110 valence electrons. The molecule has 0 saturated carbocycles. The molecule has 9 nitrogen and oxygen atoms in total. The summed E-state index contributed by atoms with van der Waals surface area (Å²) in [6, 6.07) is 3.26. The minimum Gasteiger partial charge on any atom is -0.280 e. The number of nitro benzene ring substituents is 2. The first kappa shape index (κ1) is 16.0. The lowest BCUT2D eigenvalue weighted by Gasteiger charge is -1.96. The fourth-order valence-corrected chi connectivity index (χ4v) is 1.28. The molecule has 1 rings (SSSR count). The number of allylic oxidation sites excluding steroid dienone is 3. The van der Waals surface area contributed by atoms with Crippen LogP contribution in [-0.2, 0) is 4.84 Å². The van der Waals surface area contributed by atoms with E-state index in [1.165, 1.54) is 25.6 Å². The largest absolute Gasteiger partial charge is 0.301 e. The summed E-state index contributed by atoms with van der Waals surface area (Å²) in [4.78, 5) is 28.5. The van der Waals surface area contributed by atoms with Crippen molar-refractivity contribution in [1.29, 1.82) is 0 Å². The summed E-state index contributed by atoms with van der Waals surface area (Å²) in [5.74, 6) is 0. The van der Waals surface area contributed by atoms with Gasteiger partial charge < -0.3 is 0 Å². The number of benzene rings is 1. The average molecular weight is 292 g/mol. The van der Waals surface area contributed by atoms with Crippen LogP contribution in [0.15, 0.2) is 47.6 Å². The van der Waals surface area contributed by atoms with Gasteiger partial charge in [0.2, 0.25) is 0 Å². The van der Waals surface area contributed by atoms with Gasteiger partial charge in [-0.1, -0.05) is 6.08 Å². The number of aliphatic imine (C=N–C) groups is 1. The van der Waals surface area contributed by atoms with Crippen LogP contribution in [0.4, 0.5) is 17.1 Å². The predicted molar refractivity (Wildman–Crippen MR) is 76.3 cm³/mol. The van der Waals surface area contributed by atoms with Crippen LogP contribution in [0.2, 0.25) is 0 Å². The number of hydroxylamine groups is 1. The van der Waals surface area contributed by atoms with Crippen molar-refractivity contribution in [2.75, 3.05) is 7.11 Å². The van der Waals surface area contributed by atoms with E-state index in [4.69, 9.17) is 0 Å². The van der Waals surface area contributed by atoms with E-state index in [9.17, 15) is 20.2 Å². The van der Waals surface area contributed by atoms with Crippen molar-refractivity contribution < 1.29 is 14.7 Å². The second-order valence-electron chi connectivity index (χ2n) is 3.53. The first-order chi connectivity index (χ1) is 10.1. The van der Waals surface area contributed by atoms with Gasteiger partial charge in [-0.3, -0.25) is 30.5 Å². The lowest BCUT2D eigenvalue weighted by molar-refractivity contribution is -0.393. The highest BCUT2D eigenvalue weighted by molar-refractivity contribution is 5.77. The second-order valence-corrected chi connectivity index (χ2v) is 3.53. The van der Waals surface area contributed by atoms with Crippen molar-refractivity contribution in [3.8, 4) is 0 Å². The SMILES string of the molecule is CON/C=C/C=C\C=Nc1ccc([N+](=O)[O-])cc1[N+](=O)[O-]. The molecule has 0 amide bonds. The van der Waals surface area contributed by atoms with Gasteiger partial charge in [0.25, 0.3) is 5.69 Å². The van der Waals surface area contributed by atoms with Gasteiger partial charge in [0.15, 0.2) is 0 Å². The van der Waals surface area contributed by atoms with Crippen LogP contribution in [-0.4, -0.2) is 23.2 Å². The van der Waals surface area contributed by atoms with Gasteiger partial charge in [-0.2, -0.15) is 0 Å². The van der Waals surface area contributed by atoms with E-state index in [1.54, 1.807) is 18.2 Å². The van der Waals surface area contributed by atoms with Crippen LogP contribution in [0.5, 0.6) is 0 Å². The molecular weight excluding hydrogens is 280 g/mol. The third kappa shape index (κ3) is 5.20. The fourth-order valence-electron chi connectivity index (χ4n) is 1.28. The number of nitrogens with zero attached hydrogens (tertiary/aromatic N) is 3. The molecule has 0 atom stereocenters. The third-order valence-corrected chi connectivity index (χ3v) is 2.17. The van der Waals surface area contributed by atoms with Crippen LogP contribution in [0.3, 0.4) is 0 Å². The Morgan fingerprint density at radius 1 is 1.19 bits per heavy atom. The Morgan fingerprint density at radius 3 is 2.57 bits per heavy atom. The maximum Gasteiger partial charge on any atom is 0.301 e. The lowest BCUT2D eigenvalue weighted by Crippen LogP contribution is -1.99. The fraction of sp³-hybridized carbons (Fsp3) is 0.0833. The molecule has 1 aromatic rings. The summed E-state index contributed by atoms with van der Waals surface area (Å²) in [5, 5.41) is 21.4. The van der Waals surface area contributed by atoms with Crippen LogP contribution in [0, 0.1) is 20.2 Å². The molecule has 1 aromatic carbocycles. The van der Waals surface area contributed by atoms with Crippen molar-refractivity contribution in [3.63, 3.8) is 0 Å². The zero-order chi connectivity index (χ0) is 15.7. The van der Waals surface area contributed by atoms with E-state index in [1.807, 2.05) is 0 Å². The number of rotatable bonds is 7. The Kier molecular flexibility index (Phi) is 6.22. The second kappa shape index (κ2) is 8.17. The van der Waals surface area contributed by atoms with Crippen LogP contribution < -0.4 is 5.48 Å². The molecule has 1 N–H and O–H groups in total. The lowest BCUT2D eigenvalue weighted by atomic mass is 10.2. The topological polar surface area (TPSA) is 120 Å². The maximum absolute atomic E-state index is 10.9.